The van der Waals surface area contributed by atoms with E-state index in [-0.39, 0.29) is 5.92 Å². The van der Waals surface area contributed by atoms with E-state index in [2.05, 4.69) is 36.4 Å². The number of carbonyl (C=O) groups is 1. The maximum absolute atomic E-state index is 12.1. The molecule has 2 rings (SSSR count). The number of Topliss-reactive ketones (excluding diaryl/α,β-unsaturated/α-hetero) is 1. The highest BCUT2D eigenvalue weighted by atomic mass is 32.1. The molecule has 0 bridgehead atoms. The molecular formula is C16H25NOS. The molecule has 1 aromatic rings. The Balaban J connectivity index is 1.83. The third kappa shape index (κ3) is 4.43. The smallest absolute Gasteiger partial charge is 0.137 e. The van der Waals surface area contributed by atoms with E-state index in [1.54, 1.807) is 11.3 Å². The standard InChI is InChI=1S/C16H25NOS/c1-3-5-13-7-8-16(18)14(10-13)11-17(2)12-15-6-4-9-19-15/h4,6,9,13-14H,3,5,7-8,10-12H2,1-2H3. The summed E-state index contributed by atoms with van der Waals surface area (Å²) in [7, 11) is 2.14. The van der Waals surface area contributed by atoms with Gasteiger partial charge in [-0.05, 0) is 37.3 Å². The van der Waals surface area contributed by atoms with Gasteiger partial charge in [-0.1, -0.05) is 25.8 Å². The van der Waals surface area contributed by atoms with Crippen LogP contribution in [0, 0.1) is 11.8 Å². The van der Waals surface area contributed by atoms with Crippen molar-refractivity contribution in [2.24, 2.45) is 11.8 Å². The summed E-state index contributed by atoms with van der Waals surface area (Å²) >= 11 is 1.80. The highest BCUT2D eigenvalue weighted by molar-refractivity contribution is 7.09. The lowest BCUT2D eigenvalue weighted by Gasteiger charge is -2.30. The van der Waals surface area contributed by atoms with Crippen molar-refractivity contribution in [2.75, 3.05) is 13.6 Å². The maximum atomic E-state index is 12.1. The molecule has 0 radical (unpaired) electrons. The summed E-state index contributed by atoms with van der Waals surface area (Å²) in [6, 6.07) is 4.26. The van der Waals surface area contributed by atoms with Gasteiger partial charge in [-0.15, -0.1) is 11.3 Å². The first-order valence-electron chi connectivity index (χ1n) is 7.42. The molecule has 0 amide bonds. The average Bonchev–Trinajstić information content (AvgIpc) is 2.86. The fraction of sp³-hybridized carbons (Fsp3) is 0.688. The molecule has 2 atom stereocenters. The molecule has 0 spiro atoms. The van der Waals surface area contributed by atoms with E-state index in [0.29, 0.717) is 5.78 Å². The third-order valence-electron chi connectivity index (χ3n) is 4.11. The van der Waals surface area contributed by atoms with Crippen molar-refractivity contribution >= 4 is 17.1 Å². The van der Waals surface area contributed by atoms with Crippen LogP contribution in [0.1, 0.15) is 43.9 Å². The Hall–Kier alpha value is -0.670. The number of thiophene rings is 1. The zero-order valence-corrected chi connectivity index (χ0v) is 12.9. The molecule has 0 N–H and O–H groups in total. The molecule has 0 aromatic carbocycles. The van der Waals surface area contributed by atoms with Crippen LogP contribution in [-0.4, -0.2) is 24.3 Å². The van der Waals surface area contributed by atoms with Crippen LogP contribution in [0.4, 0.5) is 0 Å². The molecule has 19 heavy (non-hydrogen) atoms. The van der Waals surface area contributed by atoms with Gasteiger partial charge in [-0.3, -0.25) is 4.79 Å². The van der Waals surface area contributed by atoms with Crippen molar-refractivity contribution in [3.63, 3.8) is 0 Å². The minimum Gasteiger partial charge on any atom is -0.301 e. The van der Waals surface area contributed by atoms with Crippen LogP contribution in [0.2, 0.25) is 0 Å². The summed E-state index contributed by atoms with van der Waals surface area (Å²) in [5, 5.41) is 2.12. The van der Waals surface area contributed by atoms with Gasteiger partial charge < -0.3 is 4.90 Å². The lowest BCUT2D eigenvalue weighted by Crippen LogP contribution is -2.34. The summed E-state index contributed by atoms with van der Waals surface area (Å²) in [5.74, 6) is 1.54. The van der Waals surface area contributed by atoms with E-state index in [4.69, 9.17) is 0 Å². The van der Waals surface area contributed by atoms with Crippen molar-refractivity contribution < 1.29 is 4.79 Å². The first-order chi connectivity index (χ1) is 9.19. The first-order valence-corrected chi connectivity index (χ1v) is 8.30. The number of ketones is 1. The second-order valence-corrected chi connectivity index (χ2v) is 6.90. The largest absolute Gasteiger partial charge is 0.301 e. The number of rotatable bonds is 6. The van der Waals surface area contributed by atoms with Gasteiger partial charge in [0, 0.05) is 30.3 Å². The number of carbonyl (C=O) groups excluding carboxylic acids is 1. The van der Waals surface area contributed by atoms with Gasteiger partial charge in [-0.25, -0.2) is 0 Å². The zero-order chi connectivity index (χ0) is 13.7. The van der Waals surface area contributed by atoms with E-state index in [0.717, 1.165) is 38.3 Å². The van der Waals surface area contributed by atoms with Crippen LogP contribution in [0.25, 0.3) is 0 Å². The number of hydrogen-bond acceptors (Lipinski definition) is 3. The van der Waals surface area contributed by atoms with Crippen LogP contribution >= 0.6 is 11.3 Å². The normalized spacial score (nSPS) is 24.1. The summed E-state index contributed by atoms with van der Waals surface area (Å²) in [6.45, 7) is 4.14. The highest BCUT2D eigenvalue weighted by Gasteiger charge is 2.28. The van der Waals surface area contributed by atoms with E-state index >= 15 is 0 Å². The van der Waals surface area contributed by atoms with Crippen molar-refractivity contribution in [3.8, 4) is 0 Å². The Morgan fingerprint density at radius 2 is 2.32 bits per heavy atom. The Bertz CT molecular complexity index is 387. The lowest BCUT2D eigenvalue weighted by molar-refractivity contribution is -0.126. The summed E-state index contributed by atoms with van der Waals surface area (Å²) in [6.07, 6.45) is 5.58. The van der Waals surface area contributed by atoms with Crippen molar-refractivity contribution in [3.05, 3.63) is 22.4 Å². The molecule has 1 aliphatic carbocycles. The van der Waals surface area contributed by atoms with Crippen LogP contribution in [0.3, 0.4) is 0 Å². The maximum Gasteiger partial charge on any atom is 0.137 e. The molecule has 1 saturated carbocycles. The molecule has 2 nitrogen and oxygen atoms in total. The lowest BCUT2D eigenvalue weighted by atomic mass is 9.78. The monoisotopic (exact) mass is 279 g/mol. The Morgan fingerprint density at radius 1 is 1.47 bits per heavy atom. The molecule has 1 fully saturated rings. The Kier molecular flexibility index (Phi) is 5.59. The quantitative estimate of drug-likeness (QED) is 0.785. The van der Waals surface area contributed by atoms with Gasteiger partial charge in [0.25, 0.3) is 0 Å². The molecule has 2 unspecified atom stereocenters. The van der Waals surface area contributed by atoms with Gasteiger partial charge >= 0.3 is 0 Å². The van der Waals surface area contributed by atoms with Crippen molar-refractivity contribution in [2.45, 2.75) is 45.6 Å². The molecular weight excluding hydrogens is 254 g/mol. The van der Waals surface area contributed by atoms with Crippen LogP contribution in [0.15, 0.2) is 17.5 Å². The molecule has 0 saturated heterocycles. The molecule has 1 heterocycles. The van der Waals surface area contributed by atoms with Crippen LogP contribution in [-0.2, 0) is 11.3 Å². The molecule has 106 valence electrons. The SMILES string of the molecule is CCCC1CCC(=O)C(CN(C)Cc2cccs2)C1. The topological polar surface area (TPSA) is 20.3 Å². The van der Waals surface area contributed by atoms with Gasteiger partial charge in [-0.2, -0.15) is 0 Å². The molecule has 1 aromatic heterocycles. The van der Waals surface area contributed by atoms with E-state index in [1.165, 1.54) is 17.7 Å². The van der Waals surface area contributed by atoms with Crippen LogP contribution in [0.5, 0.6) is 0 Å². The predicted molar refractivity (Wildman–Crippen MR) is 81.4 cm³/mol. The van der Waals surface area contributed by atoms with E-state index in [1.807, 2.05) is 0 Å². The average molecular weight is 279 g/mol. The van der Waals surface area contributed by atoms with Gasteiger partial charge in [0.15, 0.2) is 0 Å². The highest BCUT2D eigenvalue weighted by Crippen LogP contribution is 2.30. The fourth-order valence-electron chi connectivity index (χ4n) is 3.16. The summed E-state index contributed by atoms with van der Waals surface area (Å²) in [5.41, 5.74) is 0. The molecule has 3 heteroatoms. The van der Waals surface area contributed by atoms with Gasteiger partial charge in [0.1, 0.15) is 5.78 Å². The second-order valence-electron chi connectivity index (χ2n) is 5.87. The first kappa shape index (κ1) is 14.7. The number of hydrogen-bond donors (Lipinski definition) is 0. The van der Waals surface area contributed by atoms with Gasteiger partial charge in [0.2, 0.25) is 0 Å². The van der Waals surface area contributed by atoms with Crippen molar-refractivity contribution in [1.29, 1.82) is 0 Å². The van der Waals surface area contributed by atoms with Crippen LogP contribution < -0.4 is 0 Å². The zero-order valence-electron chi connectivity index (χ0n) is 12.1. The van der Waals surface area contributed by atoms with E-state index in [9.17, 15) is 4.79 Å². The Labute approximate surface area is 120 Å². The second kappa shape index (κ2) is 7.20. The van der Waals surface area contributed by atoms with E-state index < -0.39 is 0 Å². The fourth-order valence-corrected chi connectivity index (χ4v) is 3.94. The van der Waals surface area contributed by atoms with Gasteiger partial charge in [0.05, 0.1) is 0 Å². The van der Waals surface area contributed by atoms with Crippen molar-refractivity contribution in [1.82, 2.24) is 4.90 Å². The minimum atomic E-state index is 0.273. The summed E-state index contributed by atoms with van der Waals surface area (Å²) in [4.78, 5) is 15.8. The number of nitrogens with zero attached hydrogens (tertiary/aromatic N) is 1. The Morgan fingerprint density at radius 3 is 3.00 bits per heavy atom. The third-order valence-corrected chi connectivity index (χ3v) is 4.97. The molecule has 1 aliphatic rings. The molecule has 0 aliphatic heterocycles. The summed E-state index contributed by atoms with van der Waals surface area (Å²) < 4.78 is 0. The minimum absolute atomic E-state index is 0.273. The predicted octanol–water partition coefficient (Wildman–Crippen LogP) is 3.97.